The quantitative estimate of drug-likeness (QED) is 0.735. The molecular weight excluding hydrogens is 352 g/mol. The Bertz CT molecular complexity index is 698. The fourth-order valence-corrected chi connectivity index (χ4v) is 4.13. The third kappa shape index (κ3) is 5.04. The number of anilines is 1. The molecule has 0 spiro atoms. The van der Waals surface area contributed by atoms with Crippen LogP contribution in [0.4, 0.5) is 5.69 Å². The lowest BCUT2D eigenvalue weighted by atomic mass is 9.98. The van der Waals surface area contributed by atoms with Gasteiger partial charge in [-0.25, -0.2) is 0 Å². The van der Waals surface area contributed by atoms with Gasteiger partial charge in [0.25, 0.3) is 0 Å². The molecule has 2 aliphatic heterocycles. The van der Waals surface area contributed by atoms with Crippen molar-refractivity contribution in [2.45, 2.75) is 45.6 Å². The maximum atomic E-state index is 12.3. The van der Waals surface area contributed by atoms with E-state index in [2.05, 4.69) is 45.7 Å². The first-order valence-corrected chi connectivity index (χ1v) is 10.6. The lowest BCUT2D eigenvalue weighted by Crippen LogP contribution is -2.45. The van der Waals surface area contributed by atoms with Gasteiger partial charge < -0.3 is 15.5 Å². The largest absolute Gasteiger partial charge is 0.374 e. The number of carbonyl (C=O) groups is 2. The van der Waals surface area contributed by atoms with E-state index in [1.807, 2.05) is 13.8 Å². The molecular formula is C22H34N4O2. The SMILES string of the molecule is CC(C)CNC(=O)C(=O)NC[C@H](c1ccc2c(c1)CCN2C)N1CCCCC1. The molecule has 6 heteroatoms. The topological polar surface area (TPSA) is 64.7 Å². The molecule has 3 rings (SSSR count). The van der Waals surface area contributed by atoms with E-state index in [0.29, 0.717) is 19.0 Å². The second kappa shape index (κ2) is 9.41. The summed E-state index contributed by atoms with van der Waals surface area (Å²) >= 11 is 0. The summed E-state index contributed by atoms with van der Waals surface area (Å²) in [6.07, 6.45) is 4.71. The summed E-state index contributed by atoms with van der Waals surface area (Å²) in [5.41, 5.74) is 3.92. The van der Waals surface area contributed by atoms with Crippen LogP contribution in [0.15, 0.2) is 18.2 Å². The monoisotopic (exact) mass is 386 g/mol. The van der Waals surface area contributed by atoms with Crippen LogP contribution in [-0.4, -0.2) is 56.5 Å². The molecule has 2 heterocycles. The van der Waals surface area contributed by atoms with Crippen LogP contribution in [0.2, 0.25) is 0 Å². The summed E-state index contributed by atoms with van der Waals surface area (Å²) in [6, 6.07) is 6.79. The Kier molecular flexibility index (Phi) is 6.94. The molecule has 1 aromatic carbocycles. The zero-order chi connectivity index (χ0) is 20.1. The average Bonchev–Trinajstić information content (AvgIpc) is 3.07. The molecule has 6 nitrogen and oxygen atoms in total. The highest BCUT2D eigenvalue weighted by atomic mass is 16.2. The van der Waals surface area contributed by atoms with Crippen molar-refractivity contribution in [2.24, 2.45) is 5.92 Å². The van der Waals surface area contributed by atoms with E-state index in [4.69, 9.17) is 0 Å². The van der Waals surface area contributed by atoms with Crippen LogP contribution in [0.1, 0.15) is 50.3 Å². The number of likely N-dealkylation sites (N-methyl/N-ethyl adjacent to an activating group) is 1. The number of rotatable bonds is 6. The second-order valence-electron chi connectivity index (χ2n) is 8.49. The van der Waals surface area contributed by atoms with Crippen molar-refractivity contribution < 1.29 is 9.59 Å². The maximum absolute atomic E-state index is 12.3. The Balaban J connectivity index is 1.69. The van der Waals surface area contributed by atoms with Crippen LogP contribution in [0, 0.1) is 5.92 Å². The molecule has 154 valence electrons. The summed E-state index contributed by atoms with van der Waals surface area (Å²) in [5.74, 6) is -0.757. The van der Waals surface area contributed by atoms with E-state index in [-0.39, 0.29) is 6.04 Å². The number of hydrogen-bond donors (Lipinski definition) is 2. The molecule has 0 aromatic heterocycles. The van der Waals surface area contributed by atoms with Crippen molar-refractivity contribution in [3.63, 3.8) is 0 Å². The van der Waals surface area contributed by atoms with Gasteiger partial charge >= 0.3 is 11.8 Å². The lowest BCUT2D eigenvalue weighted by Gasteiger charge is -2.35. The molecule has 2 N–H and O–H groups in total. The van der Waals surface area contributed by atoms with Crippen LogP contribution in [-0.2, 0) is 16.0 Å². The van der Waals surface area contributed by atoms with Crippen molar-refractivity contribution in [3.8, 4) is 0 Å². The third-order valence-electron chi connectivity index (χ3n) is 5.78. The Morgan fingerprint density at radius 2 is 1.68 bits per heavy atom. The summed E-state index contributed by atoms with van der Waals surface area (Å²) in [5, 5.41) is 5.57. The number of benzene rings is 1. The van der Waals surface area contributed by atoms with Crippen molar-refractivity contribution in [1.29, 1.82) is 0 Å². The van der Waals surface area contributed by atoms with E-state index in [1.165, 1.54) is 36.1 Å². The summed E-state index contributed by atoms with van der Waals surface area (Å²) in [6.45, 7) is 8.13. The highest BCUT2D eigenvalue weighted by Crippen LogP contribution is 2.32. The predicted octanol–water partition coefficient (Wildman–Crippen LogP) is 2.09. The number of nitrogens with one attached hydrogen (secondary N) is 2. The fraction of sp³-hybridized carbons (Fsp3) is 0.636. The minimum atomic E-state index is -0.540. The minimum absolute atomic E-state index is 0.110. The smallest absolute Gasteiger partial charge is 0.309 e. The molecule has 0 radical (unpaired) electrons. The standard InChI is InChI=1S/C22H34N4O2/c1-16(2)14-23-21(27)22(28)24-15-20(26-10-5-4-6-11-26)17-7-8-19-18(13-17)9-12-25(19)3/h7-8,13,16,20H,4-6,9-12,14-15H2,1-3H3,(H,23,27)(H,24,28)/t20-/m1/s1. The second-order valence-corrected chi connectivity index (χ2v) is 8.49. The number of nitrogens with zero attached hydrogens (tertiary/aromatic N) is 2. The zero-order valence-corrected chi connectivity index (χ0v) is 17.5. The van der Waals surface area contributed by atoms with Gasteiger partial charge in [-0.2, -0.15) is 0 Å². The van der Waals surface area contributed by atoms with Crippen LogP contribution >= 0.6 is 0 Å². The maximum Gasteiger partial charge on any atom is 0.309 e. The summed E-state index contributed by atoms with van der Waals surface area (Å²) < 4.78 is 0. The first-order chi connectivity index (χ1) is 13.5. The molecule has 1 fully saturated rings. The molecule has 1 atom stereocenters. The van der Waals surface area contributed by atoms with Gasteiger partial charge in [0.15, 0.2) is 0 Å². The van der Waals surface area contributed by atoms with Crippen molar-refractivity contribution in [3.05, 3.63) is 29.3 Å². The number of amides is 2. The van der Waals surface area contributed by atoms with Crippen molar-refractivity contribution >= 4 is 17.5 Å². The van der Waals surface area contributed by atoms with Gasteiger partial charge in [0.1, 0.15) is 0 Å². The number of likely N-dealkylation sites (tertiary alicyclic amines) is 1. The first-order valence-electron chi connectivity index (χ1n) is 10.6. The Labute approximate surface area is 168 Å². The molecule has 28 heavy (non-hydrogen) atoms. The molecule has 0 bridgehead atoms. The Morgan fingerprint density at radius 3 is 2.36 bits per heavy atom. The van der Waals surface area contributed by atoms with E-state index in [0.717, 1.165) is 26.1 Å². The predicted molar refractivity (Wildman–Crippen MR) is 112 cm³/mol. The molecule has 0 saturated carbocycles. The van der Waals surface area contributed by atoms with E-state index < -0.39 is 11.8 Å². The van der Waals surface area contributed by atoms with Gasteiger partial charge in [0, 0.05) is 32.4 Å². The van der Waals surface area contributed by atoms with Gasteiger partial charge in [-0.3, -0.25) is 14.5 Å². The fourth-order valence-electron chi connectivity index (χ4n) is 4.13. The van der Waals surface area contributed by atoms with E-state index >= 15 is 0 Å². The number of fused-ring (bicyclic) bond motifs is 1. The van der Waals surface area contributed by atoms with Crippen LogP contribution in [0.5, 0.6) is 0 Å². The summed E-state index contributed by atoms with van der Waals surface area (Å²) in [7, 11) is 2.13. The Hall–Kier alpha value is -2.08. The van der Waals surface area contributed by atoms with E-state index in [9.17, 15) is 9.59 Å². The number of piperidine rings is 1. The van der Waals surface area contributed by atoms with Gasteiger partial charge in [-0.05, 0) is 55.5 Å². The van der Waals surface area contributed by atoms with E-state index in [1.54, 1.807) is 0 Å². The molecule has 0 aliphatic carbocycles. The van der Waals surface area contributed by atoms with Crippen molar-refractivity contribution in [1.82, 2.24) is 15.5 Å². The average molecular weight is 387 g/mol. The molecule has 2 amide bonds. The van der Waals surface area contributed by atoms with Gasteiger partial charge in [0.2, 0.25) is 0 Å². The number of carbonyl (C=O) groups excluding carboxylic acids is 2. The van der Waals surface area contributed by atoms with Crippen LogP contribution in [0.25, 0.3) is 0 Å². The normalized spacial score (nSPS) is 18.1. The third-order valence-corrected chi connectivity index (χ3v) is 5.78. The van der Waals surface area contributed by atoms with Gasteiger partial charge in [-0.15, -0.1) is 0 Å². The first kappa shape index (κ1) is 20.6. The lowest BCUT2D eigenvalue weighted by molar-refractivity contribution is -0.139. The molecule has 0 unspecified atom stereocenters. The highest BCUT2D eigenvalue weighted by Gasteiger charge is 2.26. The van der Waals surface area contributed by atoms with Crippen LogP contribution < -0.4 is 15.5 Å². The van der Waals surface area contributed by atoms with Gasteiger partial charge in [-0.1, -0.05) is 32.4 Å². The van der Waals surface area contributed by atoms with Gasteiger partial charge in [0.05, 0.1) is 6.04 Å². The molecule has 1 saturated heterocycles. The summed E-state index contributed by atoms with van der Waals surface area (Å²) in [4.78, 5) is 29.0. The highest BCUT2D eigenvalue weighted by molar-refractivity contribution is 6.35. The zero-order valence-electron chi connectivity index (χ0n) is 17.5. The van der Waals surface area contributed by atoms with Crippen LogP contribution in [0.3, 0.4) is 0 Å². The molecule has 1 aromatic rings. The number of hydrogen-bond acceptors (Lipinski definition) is 4. The van der Waals surface area contributed by atoms with Crippen molar-refractivity contribution in [2.75, 3.05) is 44.7 Å². The molecule has 2 aliphatic rings. The Morgan fingerprint density at radius 1 is 1.00 bits per heavy atom. The minimum Gasteiger partial charge on any atom is -0.374 e.